The molecule has 0 N–H and O–H groups in total. The molecule has 0 aliphatic heterocycles. The van der Waals surface area contributed by atoms with Crippen molar-refractivity contribution in [2.45, 2.75) is 360 Å². The largest absolute Gasteiger partial charge is 0.0654 e. The van der Waals surface area contributed by atoms with Gasteiger partial charge in [-0.3, -0.25) is 0 Å². The smallest absolute Gasteiger partial charge is 0.0323 e. The third kappa shape index (κ3) is 29.5. The third-order valence-electron chi connectivity index (χ3n) is 18.4. The molecule has 0 heterocycles. The van der Waals surface area contributed by atoms with Crippen molar-refractivity contribution in [3.63, 3.8) is 0 Å². The molecule has 0 spiro atoms. The minimum Gasteiger partial charge on any atom is -0.0654 e. The Balaban J connectivity index is 0.000000378. The maximum atomic E-state index is 2.49. The molecule has 63 heavy (non-hydrogen) atoms. The van der Waals surface area contributed by atoms with Gasteiger partial charge in [-0.25, -0.2) is 0 Å². The summed E-state index contributed by atoms with van der Waals surface area (Å²) in [5.41, 5.74) is 4.29. The zero-order chi connectivity index (χ0) is 47.1. The molecule has 6 rings (SSSR count). The SMILES string of the molecule is CC(C)CC1(C)CCCC1.CC(C)CC1(C)CCCCC1.CCC1(C)CCCCCC1.CCC1(C)CCCCCCC1.CCCCC1(C)CCCC1.CCCCC1(C)CCCCC1. The highest BCUT2D eigenvalue weighted by Gasteiger charge is 2.30. The minimum atomic E-state index is 0.695. The van der Waals surface area contributed by atoms with Crippen molar-refractivity contribution in [1.82, 2.24) is 0 Å². The Labute approximate surface area is 402 Å². The van der Waals surface area contributed by atoms with Crippen LogP contribution in [-0.4, -0.2) is 0 Å². The van der Waals surface area contributed by atoms with E-state index in [1.165, 1.54) is 263 Å². The van der Waals surface area contributed by atoms with Gasteiger partial charge in [0.15, 0.2) is 0 Å². The highest BCUT2D eigenvalue weighted by Crippen LogP contribution is 2.44. The van der Waals surface area contributed by atoms with Gasteiger partial charge in [0.1, 0.15) is 0 Å². The topological polar surface area (TPSA) is 0 Å². The van der Waals surface area contributed by atoms with E-state index in [1.54, 1.807) is 0 Å². The Morgan fingerprint density at radius 1 is 0.270 bits per heavy atom. The van der Waals surface area contributed by atoms with Crippen LogP contribution in [0.25, 0.3) is 0 Å². The zero-order valence-corrected chi connectivity index (χ0v) is 47.1. The molecule has 0 bridgehead atoms. The maximum Gasteiger partial charge on any atom is -0.0323 e. The van der Waals surface area contributed by atoms with Crippen LogP contribution in [0.2, 0.25) is 0 Å². The van der Waals surface area contributed by atoms with Gasteiger partial charge >= 0.3 is 0 Å². The Hall–Kier alpha value is 0. The van der Waals surface area contributed by atoms with E-state index < -0.39 is 0 Å². The van der Waals surface area contributed by atoms with E-state index in [4.69, 9.17) is 0 Å². The summed E-state index contributed by atoms with van der Waals surface area (Å²) in [7, 11) is 0. The zero-order valence-electron chi connectivity index (χ0n) is 47.1. The second-order valence-corrected chi connectivity index (χ2v) is 26.7. The van der Waals surface area contributed by atoms with Gasteiger partial charge in [-0.2, -0.15) is 0 Å². The van der Waals surface area contributed by atoms with Crippen LogP contribution in [0, 0.1) is 44.3 Å². The first-order valence-corrected chi connectivity index (χ1v) is 29.8. The Bertz CT molecular complexity index is 1000. The predicted octanol–water partition coefficient (Wildman–Crippen LogP) is 23.4. The van der Waals surface area contributed by atoms with E-state index in [1.807, 2.05) is 0 Å². The monoisotopic (exact) mass is 883 g/mol. The van der Waals surface area contributed by atoms with Gasteiger partial charge < -0.3 is 0 Å². The lowest BCUT2D eigenvalue weighted by molar-refractivity contribution is 0.175. The fraction of sp³-hybridized carbons (Fsp3) is 1.00. The van der Waals surface area contributed by atoms with Crippen LogP contribution >= 0.6 is 0 Å². The average molecular weight is 884 g/mol. The van der Waals surface area contributed by atoms with Gasteiger partial charge in [0.2, 0.25) is 0 Å². The van der Waals surface area contributed by atoms with Crippen LogP contribution in [0.5, 0.6) is 0 Å². The summed E-state index contributed by atoms with van der Waals surface area (Å²) in [4.78, 5) is 0. The molecule has 0 aromatic rings. The molecule has 6 aliphatic rings. The second-order valence-electron chi connectivity index (χ2n) is 26.7. The summed E-state index contributed by atoms with van der Waals surface area (Å²) in [6.45, 7) is 33.5. The van der Waals surface area contributed by atoms with Crippen LogP contribution < -0.4 is 0 Å². The number of hydrogen-bond acceptors (Lipinski definition) is 0. The lowest BCUT2D eigenvalue weighted by Gasteiger charge is -2.35. The van der Waals surface area contributed by atoms with Gasteiger partial charge in [-0.05, 0) is 147 Å². The Morgan fingerprint density at radius 3 is 0.683 bits per heavy atom. The van der Waals surface area contributed by atoms with E-state index in [2.05, 4.69) is 96.9 Å². The molecular formula is C63H126. The van der Waals surface area contributed by atoms with Gasteiger partial charge in [0.05, 0.1) is 0 Å². The van der Waals surface area contributed by atoms with E-state index in [0.29, 0.717) is 21.7 Å². The lowest BCUT2D eigenvalue weighted by atomic mass is 9.71. The van der Waals surface area contributed by atoms with Gasteiger partial charge in [-0.15, -0.1) is 0 Å². The molecular weight excluding hydrogens is 757 g/mol. The van der Waals surface area contributed by atoms with Crippen molar-refractivity contribution in [2.75, 3.05) is 0 Å². The maximum absolute atomic E-state index is 2.49. The van der Waals surface area contributed by atoms with Crippen molar-refractivity contribution in [1.29, 1.82) is 0 Å². The van der Waals surface area contributed by atoms with Crippen LogP contribution in [0.1, 0.15) is 360 Å². The molecule has 0 aromatic carbocycles. The van der Waals surface area contributed by atoms with Crippen LogP contribution in [-0.2, 0) is 0 Å². The van der Waals surface area contributed by atoms with Crippen molar-refractivity contribution in [3.05, 3.63) is 0 Å². The molecule has 0 aromatic heterocycles. The van der Waals surface area contributed by atoms with Crippen molar-refractivity contribution in [2.24, 2.45) is 44.3 Å². The summed E-state index contributed by atoms with van der Waals surface area (Å²) in [6, 6.07) is 0. The summed E-state index contributed by atoms with van der Waals surface area (Å²) in [6.07, 6.45) is 60.1. The molecule has 0 nitrogen and oxygen atoms in total. The van der Waals surface area contributed by atoms with Crippen LogP contribution in [0.15, 0.2) is 0 Å². The Morgan fingerprint density at radius 2 is 0.460 bits per heavy atom. The van der Waals surface area contributed by atoms with E-state index in [9.17, 15) is 0 Å². The molecule has 0 heteroatoms. The van der Waals surface area contributed by atoms with E-state index in [-0.39, 0.29) is 0 Å². The first-order chi connectivity index (χ1) is 29.8. The number of unbranched alkanes of at least 4 members (excludes halogenated alkanes) is 2. The first-order valence-electron chi connectivity index (χ1n) is 29.8. The molecule has 6 fully saturated rings. The van der Waals surface area contributed by atoms with Crippen molar-refractivity contribution in [3.8, 4) is 0 Å². The summed E-state index contributed by atoms with van der Waals surface area (Å²) < 4.78 is 0. The molecule has 0 radical (unpaired) electrons. The molecule has 0 saturated heterocycles. The number of hydrogen-bond donors (Lipinski definition) is 0. The number of rotatable bonds is 12. The molecule has 0 unspecified atom stereocenters. The standard InChI is InChI=1S/3C11H22.3C10H20/c1-10(2)9-11(3)7-5-4-6-8-11;1-3-11(2)9-7-5-4-6-8-10-11;1-3-4-8-11(2)9-6-5-7-10-11;1-9(2)8-10(3)6-4-5-7-10;1-3-10(2)8-6-4-5-7-9-10;1-3-4-7-10(2)8-5-6-9-10/h10H,4-9H2,1-3H3;2*3-10H2,1-2H3;9H,4-8H2,1-3H3;2*3-9H2,1-2H3. The molecule has 0 amide bonds. The van der Waals surface area contributed by atoms with E-state index in [0.717, 1.165) is 22.7 Å². The van der Waals surface area contributed by atoms with Gasteiger partial charge in [-0.1, -0.05) is 257 Å². The minimum absolute atomic E-state index is 0.695. The molecule has 6 aliphatic carbocycles. The summed E-state index contributed by atoms with van der Waals surface area (Å²) >= 11 is 0. The fourth-order valence-electron chi connectivity index (χ4n) is 13.4. The highest BCUT2D eigenvalue weighted by molar-refractivity contribution is 4.83. The molecule has 6 saturated carbocycles. The van der Waals surface area contributed by atoms with Gasteiger partial charge in [0, 0.05) is 0 Å². The van der Waals surface area contributed by atoms with Crippen LogP contribution in [0.4, 0.5) is 0 Å². The van der Waals surface area contributed by atoms with Crippen molar-refractivity contribution >= 4 is 0 Å². The molecule has 0 atom stereocenters. The predicted molar refractivity (Wildman–Crippen MR) is 290 cm³/mol. The van der Waals surface area contributed by atoms with Crippen molar-refractivity contribution < 1.29 is 0 Å². The summed E-state index contributed by atoms with van der Waals surface area (Å²) in [5, 5.41) is 0. The quantitative estimate of drug-likeness (QED) is 0.171. The fourth-order valence-corrected chi connectivity index (χ4v) is 13.4. The first kappa shape index (κ1) is 61.0. The lowest BCUT2D eigenvalue weighted by Crippen LogP contribution is -2.21. The third-order valence-corrected chi connectivity index (χ3v) is 18.4. The average Bonchev–Trinajstić information content (AvgIpc) is 3.81. The summed E-state index contributed by atoms with van der Waals surface area (Å²) in [5.74, 6) is 1.78. The van der Waals surface area contributed by atoms with Crippen LogP contribution in [0.3, 0.4) is 0 Å². The molecule has 378 valence electrons. The van der Waals surface area contributed by atoms with E-state index >= 15 is 0 Å². The second kappa shape index (κ2) is 33.5. The van der Waals surface area contributed by atoms with Gasteiger partial charge in [0.25, 0.3) is 0 Å². The normalized spacial score (nSPS) is 24.4. The Kier molecular flexibility index (Phi) is 32.4. The highest BCUT2D eigenvalue weighted by atomic mass is 14.4.